The third-order valence-electron chi connectivity index (χ3n) is 4.26. The van der Waals surface area contributed by atoms with Crippen LogP contribution in [0.25, 0.3) is 11.4 Å². The molecule has 4 heterocycles. The van der Waals surface area contributed by atoms with E-state index in [-0.39, 0.29) is 5.91 Å². The first kappa shape index (κ1) is 16.3. The summed E-state index contributed by atoms with van der Waals surface area (Å²) in [6, 6.07) is 5.92. The number of amides is 1. The molecule has 0 bridgehead atoms. The lowest BCUT2D eigenvalue weighted by Crippen LogP contribution is -2.36. The van der Waals surface area contributed by atoms with Crippen LogP contribution < -0.4 is 0 Å². The van der Waals surface area contributed by atoms with E-state index in [1.165, 1.54) is 22.2 Å². The molecule has 0 aromatic carbocycles. The second-order valence-electron chi connectivity index (χ2n) is 5.82. The van der Waals surface area contributed by atoms with E-state index < -0.39 is 0 Å². The van der Waals surface area contributed by atoms with Crippen LogP contribution in [0, 0.1) is 0 Å². The molecule has 6 nitrogen and oxygen atoms in total. The minimum atomic E-state index is 0.148. The van der Waals surface area contributed by atoms with Crippen molar-refractivity contribution < 1.29 is 4.79 Å². The standard InChI is InChI=1S/C17H17N5OS2/c1-21-16(12-2-6-18-7-3-12)19-20-17(21)25-11-15(23)22-8-4-14-13(10-22)5-9-24-14/h2-3,5-7,9H,4,8,10-11H2,1H3. The number of carbonyl (C=O) groups is 1. The van der Waals surface area contributed by atoms with E-state index >= 15 is 0 Å². The van der Waals surface area contributed by atoms with E-state index in [0.29, 0.717) is 5.75 Å². The summed E-state index contributed by atoms with van der Waals surface area (Å²) >= 11 is 3.22. The zero-order chi connectivity index (χ0) is 17.2. The van der Waals surface area contributed by atoms with E-state index in [2.05, 4.69) is 26.6 Å². The average molecular weight is 371 g/mol. The van der Waals surface area contributed by atoms with Crippen LogP contribution >= 0.6 is 23.1 Å². The van der Waals surface area contributed by atoms with Gasteiger partial charge in [-0.1, -0.05) is 11.8 Å². The Morgan fingerprint density at radius 2 is 2.12 bits per heavy atom. The molecule has 3 aromatic heterocycles. The molecule has 0 N–H and O–H groups in total. The Bertz CT molecular complexity index is 890. The highest BCUT2D eigenvalue weighted by atomic mass is 32.2. The molecular formula is C17H17N5OS2. The molecule has 0 saturated heterocycles. The van der Waals surface area contributed by atoms with Crippen LogP contribution in [0.5, 0.6) is 0 Å². The molecule has 0 radical (unpaired) electrons. The van der Waals surface area contributed by atoms with Crippen molar-refractivity contribution in [2.24, 2.45) is 7.05 Å². The molecule has 3 aromatic rings. The molecule has 1 aliphatic rings. The number of nitrogens with zero attached hydrogens (tertiary/aromatic N) is 5. The minimum Gasteiger partial charge on any atom is -0.337 e. The first-order valence-corrected chi connectivity index (χ1v) is 9.84. The van der Waals surface area contributed by atoms with Gasteiger partial charge in [0.25, 0.3) is 0 Å². The Morgan fingerprint density at radius 1 is 1.28 bits per heavy atom. The summed E-state index contributed by atoms with van der Waals surface area (Å²) in [6.07, 6.45) is 4.42. The van der Waals surface area contributed by atoms with Crippen LogP contribution in [0.4, 0.5) is 0 Å². The van der Waals surface area contributed by atoms with Gasteiger partial charge in [0.05, 0.1) is 5.75 Å². The number of thiophene rings is 1. The lowest BCUT2D eigenvalue weighted by atomic mass is 10.1. The van der Waals surface area contributed by atoms with Crippen molar-refractivity contribution in [3.05, 3.63) is 46.4 Å². The average Bonchev–Trinajstić information content (AvgIpc) is 3.26. The maximum atomic E-state index is 12.5. The quantitative estimate of drug-likeness (QED) is 0.660. The van der Waals surface area contributed by atoms with Gasteiger partial charge in [0.15, 0.2) is 11.0 Å². The predicted molar refractivity (Wildman–Crippen MR) is 98.4 cm³/mol. The lowest BCUT2D eigenvalue weighted by Gasteiger charge is -2.26. The summed E-state index contributed by atoms with van der Waals surface area (Å²) in [4.78, 5) is 19.9. The maximum Gasteiger partial charge on any atom is 0.233 e. The van der Waals surface area contributed by atoms with Crippen molar-refractivity contribution >= 4 is 29.0 Å². The number of fused-ring (bicyclic) bond motifs is 1. The predicted octanol–water partition coefficient (Wildman–Crippen LogP) is 2.62. The molecule has 0 aliphatic carbocycles. The van der Waals surface area contributed by atoms with Gasteiger partial charge in [-0.3, -0.25) is 9.78 Å². The molecule has 4 rings (SSSR count). The summed E-state index contributed by atoms with van der Waals surface area (Å²) in [5.74, 6) is 1.30. The van der Waals surface area contributed by atoms with E-state index in [1.54, 1.807) is 23.7 Å². The molecule has 0 atom stereocenters. The lowest BCUT2D eigenvalue weighted by molar-refractivity contribution is -0.129. The first-order valence-electron chi connectivity index (χ1n) is 7.98. The van der Waals surface area contributed by atoms with E-state index in [9.17, 15) is 4.79 Å². The van der Waals surface area contributed by atoms with Gasteiger partial charge in [0, 0.05) is 43.0 Å². The zero-order valence-corrected chi connectivity index (χ0v) is 15.4. The van der Waals surface area contributed by atoms with Crippen LogP contribution in [-0.2, 0) is 24.8 Å². The Morgan fingerprint density at radius 3 is 2.96 bits per heavy atom. The molecule has 0 unspecified atom stereocenters. The molecule has 8 heteroatoms. The second kappa shape index (κ2) is 6.97. The van der Waals surface area contributed by atoms with Crippen molar-refractivity contribution in [2.45, 2.75) is 18.1 Å². The molecule has 1 aliphatic heterocycles. The van der Waals surface area contributed by atoms with Crippen LogP contribution in [0.3, 0.4) is 0 Å². The fraction of sp³-hybridized carbons (Fsp3) is 0.294. The molecule has 128 valence electrons. The first-order chi connectivity index (χ1) is 12.2. The largest absolute Gasteiger partial charge is 0.337 e. The van der Waals surface area contributed by atoms with Gasteiger partial charge in [-0.05, 0) is 35.6 Å². The Labute approximate surface area is 153 Å². The Balaban J connectivity index is 1.41. The van der Waals surface area contributed by atoms with Crippen molar-refractivity contribution in [2.75, 3.05) is 12.3 Å². The third-order valence-corrected chi connectivity index (χ3v) is 6.29. The summed E-state index contributed by atoms with van der Waals surface area (Å²) < 4.78 is 1.92. The number of thioether (sulfide) groups is 1. The molecule has 25 heavy (non-hydrogen) atoms. The fourth-order valence-electron chi connectivity index (χ4n) is 2.87. The SMILES string of the molecule is Cn1c(SCC(=O)N2CCc3sccc3C2)nnc1-c1ccncc1. The van der Waals surface area contributed by atoms with Crippen molar-refractivity contribution in [1.82, 2.24) is 24.6 Å². The van der Waals surface area contributed by atoms with Gasteiger partial charge < -0.3 is 9.47 Å². The van der Waals surface area contributed by atoms with E-state index in [0.717, 1.165) is 36.1 Å². The van der Waals surface area contributed by atoms with Gasteiger partial charge in [-0.2, -0.15) is 0 Å². The highest BCUT2D eigenvalue weighted by Gasteiger charge is 2.22. The zero-order valence-electron chi connectivity index (χ0n) is 13.8. The van der Waals surface area contributed by atoms with Gasteiger partial charge >= 0.3 is 0 Å². The summed E-state index contributed by atoms with van der Waals surface area (Å²) in [7, 11) is 1.92. The van der Waals surface area contributed by atoms with E-state index in [4.69, 9.17) is 0 Å². The monoisotopic (exact) mass is 371 g/mol. The number of hydrogen-bond donors (Lipinski definition) is 0. The summed E-state index contributed by atoms with van der Waals surface area (Å²) in [5.41, 5.74) is 2.25. The molecule has 0 saturated carbocycles. The number of hydrogen-bond acceptors (Lipinski definition) is 6. The van der Waals surface area contributed by atoms with Crippen LogP contribution in [-0.4, -0.2) is 42.9 Å². The van der Waals surface area contributed by atoms with Crippen LogP contribution in [0.2, 0.25) is 0 Å². The Hall–Kier alpha value is -2.19. The minimum absolute atomic E-state index is 0.148. The van der Waals surface area contributed by atoms with Crippen molar-refractivity contribution in [1.29, 1.82) is 0 Å². The van der Waals surface area contributed by atoms with Gasteiger partial charge in [-0.25, -0.2) is 0 Å². The van der Waals surface area contributed by atoms with Crippen molar-refractivity contribution in [3.63, 3.8) is 0 Å². The van der Waals surface area contributed by atoms with Crippen LogP contribution in [0.1, 0.15) is 10.4 Å². The third kappa shape index (κ3) is 3.32. The van der Waals surface area contributed by atoms with Crippen LogP contribution in [0.15, 0.2) is 41.1 Å². The second-order valence-corrected chi connectivity index (χ2v) is 7.77. The van der Waals surface area contributed by atoms with Gasteiger partial charge in [0.1, 0.15) is 0 Å². The highest BCUT2D eigenvalue weighted by molar-refractivity contribution is 7.99. The summed E-state index contributed by atoms with van der Waals surface area (Å²) in [6.45, 7) is 1.52. The molecule has 0 spiro atoms. The highest BCUT2D eigenvalue weighted by Crippen LogP contribution is 2.26. The smallest absolute Gasteiger partial charge is 0.233 e. The molecular weight excluding hydrogens is 354 g/mol. The number of rotatable bonds is 4. The maximum absolute atomic E-state index is 12.5. The van der Waals surface area contributed by atoms with E-state index in [1.807, 2.05) is 28.6 Å². The number of aromatic nitrogens is 4. The topological polar surface area (TPSA) is 63.9 Å². The molecule has 1 amide bonds. The number of pyridine rings is 1. The molecule has 0 fully saturated rings. The fourth-order valence-corrected chi connectivity index (χ4v) is 4.58. The van der Waals surface area contributed by atoms with Gasteiger partial charge in [-0.15, -0.1) is 21.5 Å². The van der Waals surface area contributed by atoms with Crippen molar-refractivity contribution in [3.8, 4) is 11.4 Å². The normalized spacial score (nSPS) is 13.7. The Kier molecular flexibility index (Phi) is 4.54. The number of carbonyl (C=O) groups excluding carboxylic acids is 1. The van der Waals surface area contributed by atoms with Gasteiger partial charge in [0.2, 0.25) is 5.91 Å². The summed E-state index contributed by atoms with van der Waals surface area (Å²) in [5, 5.41) is 11.3.